The van der Waals surface area contributed by atoms with Crippen molar-refractivity contribution in [1.82, 2.24) is 4.90 Å². The first-order valence-electron chi connectivity index (χ1n) is 12.2. The number of ether oxygens (including phenoxy) is 4. The second-order valence-corrected chi connectivity index (χ2v) is 9.48. The second-order valence-electron chi connectivity index (χ2n) is 9.48. The molecular formula is C28H37NO12. The quantitative estimate of drug-likeness (QED) is 0.201. The lowest BCUT2D eigenvalue weighted by Crippen LogP contribution is -2.59. The zero-order valence-electron chi connectivity index (χ0n) is 23.4. The Balaban J connectivity index is 0.00000840. The van der Waals surface area contributed by atoms with Gasteiger partial charge in [0.25, 0.3) is 0 Å². The Kier molecular flexibility index (Phi) is 12.7. The molecule has 13 heteroatoms. The minimum atomic E-state index is -3.16. The van der Waals surface area contributed by atoms with Crippen molar-refractivity contribution in [3.05, 3.63) is 47.4 Å². The summed E-state index contributed by atoms with van der Waals surface area (Å²) < 4.78 is 21.6. The molecule has 0 radical (unpaired) electrons. The van der Waals surface area contributed by atoms with Gasteiger partial charge >= 0.3 is 17.9 Å². The standard InChI is InChI=1S/C28H35NO11.H2O/c1-6-13-40-22-15-27(11-9-20(22)38-4,24(25(32)33)28(36,26(34)35)16-23(30)31)17-29(2)12-10-18-7-8-19(37-3)21(14-18)39-5;/h1,7-9,11,14,24,36H,10,12-13,15-17H2,2-5H3,(H,30,31)(H,32,33)(H,34,35);1H2. The highest BCUT2D eigenvalue weighted by molar-refractivity contribution is 5.90. The molecule has 0 spiro atoms. The van der Waals surface area contributed by atoms with Gasteiger partial charge in [-0.05, 0) is 37.2 Å². The fourth-order valence-corrected chi connectivity index (χ4v) is 5.01. The highest BCUT2D eigenvalue weighted by atomic mass is 16.5. The molecule has 1 aliphatic rings. The zero-order valence-corrected chi connectivity index (χ0v) is 23.4. The molecular weight excluding hydrogens is 542 g/mol. The number of aliphatic carboxylic acids is 3. The molecule has 41 heavy (non-hydrogen) atoms. The van der Waals surface area contributed by atoms with Crippen LogP contribution in [-0.4, -0.2) is 102 Å². The minimum Gasteiger partial charge on any atom is -0.493 e. The van der Waals surface area contributed by atoms with Crippen LogP contribution in [0, 0.1) is 23.7 Å². The van der Waals surface area contributed by atoms with Crippen LogP contribution in [-0.2, 0) is 30.3 Å². The molecule has 0 fully saturated rings. The van der Waals surface area contributed by atoms with Crippen molar-refractivity contribution in [1.29, 1.82) is 0 Å². The van der Waals surface area contributed by atoms with Crippen LogP contribution < -0.4 is 9.47 Å². The molecule has 0 heterocycles. The first-order valence-corrected chi connectivity index (χ1v) is 12.2. The van der Waals surface area contributed by atoms with E-state index in [0.29, 0.717) is 24.5 Å². The Bertz CT molecular complexity index is 1200. The van der Waals surface area contributed by atoms with Gasteiger partial charge in [0.2, 0.25) is 0 Å². The predicted molar refractivity (Wildman–Crippen MR) is 145 cm³/mol. The summed E-state index contributed by atoms with van der Waals surface area (Å²) in [6.07, 6.45) is 7.08. The molecule has 1 aromatic carbocycles. The Morgan fingerprint density at radius 3 is 2.29 bits per heavy atom. The molecule has 0 saturated carbocycles. The van der Waals surface area contributed by atoms with E-state index in [1.807, 2.05) is 6.07 Å². The summed E-state index contributed by atoms with van der Waals surface area (Å²) in [5, 5.41) is 40.7. The maximum atomic E-state index is 12.7. The van der Waals surface area contributed by atoms with Crippen LogP contribution in [0.15, 0.2) is 41.9 Å². The van der Waals surface area contributed by atoms with E-state index in [1.165, 1.54) is 33.5 Å². The van der Waals surface area contributed by atoms with Crippen molar-refractivity contribution in [2.24, 2.45) is 11.3 Å². The van der Waals surface area contributed by atoms with Crippen molar-refractivity contribution in [3.8, 4) is 23.8 Å². The third-order valence-electron chi connectivity index (χ3n) is 6.77. The summed E-state index contributed by atoms with van der Waals surface area (Å²) in [6, 6.07) is 5.41. The van der Waals surface area contributed by atoms with E-state index in [1.54, 1.807) is 24.1 Å². The van der Waals surface area contributed by atoms with Gasteiger partial charge in [-0.1, -0.05) is 18.1 Å². The van der Waals surface area contributed by atoms with E-state index in [4.69, 9.17) is 25.4 Å². The van der Waals surface area contributed by atoms with Gasteiger partial charge in [-0.3, -0.25) is 9.59 Å². The van der Waals surface area contributed by atoms with Gasteiger partial charge in [-0.15, -0.1) is 6.42 Å². The van der Waals surface area contributed by atoms with Crippen molar-refractivity contribution in [3.63, 3.8) is 0 Å². The number of methoxy groups -OCH3 is 3. The van der Waals surface area contributed by atoms with E-state index in [9.17, 15) is 34.8 Å². The Labute approximate surface area is 237 Å². The maximum Gasteiger partial charge on any atom is 0.337 e. The van der Waals surface area contributed by atoms with E-state index in [2.05, 4.69) is 5.92 Å². The number of benzene rings is 1. The van der Waals surface area contributed by atoms with Crippen molar-refractivity contribution >= 4 is 17.9 Å². The van der Waals surface area contributed by atoms with Gasteiger partial charge in [0, 0.05) is 24.9 Å². The van der Waals surface area contributed by atoms with Gasteiger partial charge < -0.3 is 49.7 Å². The second kappa shape index (κ2) is 14.9. The number of allylic oxidation sites excluding steroid dienone is 2. The van der Waals surface area contributed by atoms with Crippen LogP contribution in [0.3, 0.4) is 0 Å². The largest absolute Gasteiger partial charge is 0.493 e. The summed E-state index contributed by atoms with van der Waals surface area (Å²) in [4.78, 5) is 38.3. The van der Waals surface area contributed by atoms with Crippen molar-refractivity contribution in [2.75, 3.05) is 48.1 Å². The molecule has 0 amide bonds. The Hall–Kier alpha value is -4.25. The van der Waals surface area contributed by atoms with Crippen molar-refractivity contribution < 1.29 is 59.2 Å². The van der Waals surface area contributed by atoms with Crippen LogP contribution in [0.2, 0.25) is 0 Å². The number of hydrogen-bond acceptors (Lipinski definition) is 9. The maximum absolute atomic E-state index is 12.7. The summed E-state index contributed by atoms with van der Waals surface area (Å²) in [7, 11) is 6.11. The number of terminal acetylenes is 1. The lowest BCUT2D eigenvalue weighted by Gasteiger charge is -2.45. The summed E-state index contributed by atoms with van der Waals surface area (Å²) in [6.45, 7) is 0.101. The highest BCUT2D eigenvalue weighted by Crippen LogP contribution is 2.47. The highest BCUT2D eigenvalue weighted by Gasteiger charge is 2.60. The van der Waals surface area contributed by atoms with Crippen LogP contribution in [0.1, 0.15) is 18.4 Å². The zero-order chi connectivity index (χ0) is 30.1. The number of aliphatic hydroxyl groups is 1. The van der Waals surface area contributed by atoms with Crippen LogP contribution >= 0.6 is 0 Å². The molecule has 3 unspecified atom stereocenters. The van der Waals surface area contributed by atoms with E-state index in [0.717, 1.165) is 5.56 Å². The SMILES string of the molecule is C#CCOC1=C(OC)C=CC(CN(C)CCc2ccc(OC)c(OC)c2)(C(C(=O)O)C(O)(CC(=O)O)C(=O)O)C1.O. The molecule has 6 N–H and O–H groups in total. The number of carboxylic acids is 3. The molecule has 226 valence electrons. The topological polar surface area (TPSA) is 204 Å². The molecule has 0 aromatic heterocycles. The predicted octanol–water partition coefficient (Wildman–Crippen LogP) is 0.799. The first-order chi connectivity index (χ1) is 18.9. The minimum absolute atomic E-state index is 0. The smallest absolute Gasteiger partial charge is 0.337 e. The van der Waals surface area contributed by atoms with Crippen molar-refractivity contribution in [2.45, 2.75) is 24.9 Å². The monoisotopic (exact) mass is 579 g/mol. The molecule has 1 aliphatic carbocycles. The Morgan fingerprint density at radius 2 is 1.78 bits per heavy atom. The average molecular weight is 580 g/mol. The lowest BCUT2D eigenvalue weighted by atomic mass is 9.62. The number of likely N-dealkylation sites (N-methyl/N-ethyl adjacent to an activating group) is 1. The normalized spacial score (nSPS) is 18.4. The number of rotatable bonds is 16. The fraction of sp³-hybridized carbons (Fsp3) is 0.464. The van der Waals surface area contributed by atoms with Gasteiger partial charge in [-0.2, -0.15) is 0 Å². The number of hydrogen-bond donors (Lipinski definition) is 4. The van der Waals surface area contributed by atoms with E-state index < -0.39 is 41.3 Å². The fourth-order valence-electron chi connectivity index (χ4n) is 5.01. The summed E-state index contributed by atoms with van der Waals surface area (Å²) >= 11 is 0. The van der Waals surface area contributed by atoms with Gasteiger partial charge in [0.05, 0.1) is 27.8 Å². The van der Waals surface area contributed by atoms with Gasteiger partial charge in [0.15, 0.2) is 22.9 Å². The molecule has 3 atom stereocenters. The summed E-state index contributed by atoms with van der Waals surface area (Å²) in [5.41, 5.74) is -3.92. The number of carbonyl (C=O) groups is 3. The van der Waals surface area contributed by atoms with Crippen LogP contribution in [0.25, 0.3) is 0 Å². The summed E-state index contributed by atoms with van der Waals surface area (Å²) in [5.74, 6) is -3.67. The molecule has 1 aromatic rings. The lowest BCUT2D eigenvalue weighted by molar-refractivity contribution is -0.187. The molecule has 0 saturated heterocycles. The molecule has 0 aliphatic heterocycles. The number of carboxylic acid groups (broad SMARTS) is 3. The van der Waals surface area contributed by atoms with Gasteiger partial charge in [-0.25, -0.2) is 4.79 Å². The molecule has 13 nitrogen and oxygen atoms in total. The van der Waals surface area contributed by atoms with E-state index >= 15 is 0 Å². The van der Waals surface area contributed by atoms with Crippen LogP contribution in [0.5, 0.6) is 11.5 Å². The Morgan fingerprint density at radius 1 is 1.12 bits per heavy atom. The third kappa shape index (κ3) is 8.14. The average Bonchev–Trinajstić information content (AvgIpc) is 2.89. The molecule has 2 rings (SSSR count). The molecule has 0 bridgehead atoms. The van der Waals surface area contributed by atoms with E-state index in [-0.39, 0.29) is 36.6 Å². The number of nitrogens with zero attached hydrogens (tertiary/aromatic N) is 1. The first kappa shape index (κ1) is 34.8. The van der Waals surface area contributed by atoms with Gasteiger partial charge in [0.1, 0.15) is 18.3 Å². The van der Waals surface area contributed by atoms with Crippen LogP contribution in [0.4, 0.5) is 0 Å². The third-order valence-corrected chi connectivity index (χ3v) is 6.77.